The topological polar surface area (TPSA) is 55.3 Å². The van der Waals surface area contributed by atoms with Gasteiger partial charge in [-0.05, 0) is 49.2 Å². The van der Waals surface area contributed by atoms with Crippen molar-refractivity contribution in [1.82, 2.24) is 9.97 Å². The standard InChI is InChI=1S/C22H19Cl2N3O2S/c23-15-6-8-18(19(24)12-15)20-14-30-22(26-20)27(13-17-5-3-11-29-17)21(28)9-7-16-4-1-2-10-25-16/h1-2,4,6-10,12,14,17H,3,5,11,13H2/b9-7+. The minimum Gasteiger partial charge on any atom is -0.376 e. The molecule has 1 amide bonds. The summed E-state index contributed by atoms with van der Waals surface area (Å²) < 4.78 is 5.75. The van der Waals surface area contributed by atoms with Gasteiger partial charge in [0.15, 0.2) is 5.13 Å². The molecule has 0 bridgehead atoms. The van der Waals surface area contributed by atoms with Crippen LogP contribution in [0.25, 0.3) is 17.3 Å². The van der Waals surface area contributed by atoms with Crippen LogP contribution in [0, 0.1) is 0 Å². The number of carbonyl (C=O) groups is 1. The van der Waals surface area contributed by atoms with Gasteiger partial charge in [-0.3, -0.25) is 14.7 Å². The van der Waals surface area contributed by atoms with Gasteiger partial charge in [0, 0.05) is 34.8 Å². The smallest absolute Gasteiger partial charge is 0.252 e. The van der Waals surface area contributed by atoms with E-state index < -0.39 is 0 Å². The van der Waals surface area contributed by atoms with Crippen molar-refractivity contribution >= 4 is 51.7 Å². The van der Waals surface area contributed by atoms with Crippen LogP contribution < -0.4 is 4.90 Å². The molecule has 2 aromatic heterocycles. The number of benzene rings is 1. The van der Waals surface area contributed by atoms with Crippen LogP contribution in [0.4, 0.5) is 5.13 Å². The van der Waals surface area contributed by atoms with E-state index in [-0.39, 0.29) is 12.0 Å². The van der Waals surface area contributed by atoms with Gasteiger partial charge < -0.3 is 4.74 Å². The normalized spacial score (nSPS) is 16.3. The fraction of sp³-hybridized carbons (Fsp3) is 0.227. The summed E-state index contributed by atoms with van der Waals surface area (Å²) in [6.07, 6.45) is 6.85. The minimum absolute atomic E-state index is 0.00340. The molecule has 1 atom stereocenters. The van der Waals surface area contributed by atoms with Gasteiger partial charge in [0.1, 0.15) is 0 Å². The van der Waals surface area contributed by atoms with Gasteiger partial charge in [0.05, 0.1) is 29.1 Å². The predicted octanol–water partition coefficient (Wildman–Crippen LogP) is 5.74. The summed E-state index contributed by atoms with van der Waals surface area (Å²) in [5, 5.41) is 3.57. The Morgan fingerprint density at radius 2 is 2.20 bits per heavy atom. The number of aromatic nitrogens is 2. The van der Waals surface area contributed by atoms with Crippen molar-refractivity contribution < 1.29 is 9.53 Å². The van der Waals surface area contributed by atoms with Crippen molar-refractivity contribution in [2.24, 2.45) is 0 Å². The lowest BCUT2D eigenvalue weighted by atomic mass is 10.2. The molecule has 0 aliphatic carbocycles. The highest BCUT2D eigenvalue weighted by Gasteiger charge is 2.25. The highest BCUT2D eigenvalue weighted by Crippen LogP contribution is 2.34. The summed E-state index contributed by atoms with van der Waals surface area (Å²) in [6.45, 7) is 1.17. The summed E-state index contributed by atoms with van der Waals surface area (Å²) in [5.41, 5.74) is 2.20. The van der Waals surface area contributed by atoms with E-state index in [9.17, 15) is 4.79 Å². The maximum Gasteiger partial charge on any atom is 0.252 e. The Morgan fingerprint density at radius 3 is 2.93 bits per heavy atom. The summed E-state index contributed by atoms with van der Waals surface area (Å²) in [7, 11) is 0. The molecule has 1 aromatic carbocycles. The van der Waals surface area contributed by atoms with E-state index in [4.69, 9.17) is 27.9 Å². The monoisotopic (exact) mass is 459 g/mol. The maximum atomic E-state index is 13.0. The number of hydrogen-bond acceptors (Lipinski definition) is 5. The Bertz CT molecular complexity index is 1050. The number of anilines is 1. The van der Waals surface area contributed by atoms with Crippen molar-refractivity contribution in [1.29, 1.82) is 0 Å². The van der Waals surface area contributed by atoms with Gasteiger partial charge in [-0.25, -0.2) is 4.98 Å². The number of thiazole rings is 1. The molecule has 4 rings (SSSR count). The Labute approximate surface area is 188 Å². The summed E-state index contributed by atoms with van der Waals surface area (Å²) >= 11 is 13.7. The predicted molar refractivity (Wildman–Crippen MR) is 122 cm³/mol. The van der Waals surface area contributed by atoms with E-state index in [1.165, 1.54) is 17.4 Å². The van der Waals surface area contributed by atoms with Crippen LogP contribution in [0.5, 0.6) is 0 Å². The van der Waals surface area contributed by atoms with E-state index in [0.29, 0.717) is 27.4 Å². The first-order valence-corrected chi connectivity index (χ1v) is 11.2. The molecule has 1 unspecified atom stereocenters. The van der Waals surface area contributed by atoms with E-state index in [2.05, 4.69) is 9.97 Å². The van der Waals surface area contributed by atoms with E-state index in [1.807, 2.05) is 29.6 Å². The van der Waals surface area contributed by atoms with E-state index in [1.54, 1.807) is 29.3 Å². The van der Waals surface area contributed by atoms with Crippen molar-refractivity contribution in [3.63, 3.8) is 0 Å². The molecule has 0 spiro atoms. The fourth-order valence-corrected chi connectivity index (χ4v) is 4.53. The zero-order valence-corrected chi connectivity index (χ0v) is 18.3. The lowest BCUT2D eigenvalue weighted by Crippen LogP contribution is -2.36. The third-order valence-electron chi connectivity index (χ3n) is 4.69. The van der Waals surface area contributed by atoms with Crippen LogP contribution in [-0.2, 0) is 9.53 Å². The average molecular weight is 460 g/mol. The summed E-state index contributed by atoms with van der Waals surface area (Å²) in [6, 6.07) is 10.8. The molecule has 154 valence electrons. The molecule has 1 aliphatic rings. The van der Waals surface area contributed by atoms with E-state index in [0.717, 1.165) is 30.7 Å². The zero-order valence-electron chi connectivity index (χ0n) is 16.0. The molecule has 0 saturated carbocycles. The minimum atomic E-state index is -0.167. The number of hydrogen-bond donors (Lipinski definition) is 0. The number of nitrogens with zero attached hydrogens (tertiary/aromatic N) is 3. The first-order chi connectivity index (χ1) is 14.6. The second kappa shape index (κ2) is 9.71. The van der Waals surface area contributed by atoms with Crippen molar-refractivity contribution in [3.05, 3.63) is 69.8 Å². The molecule has 3 heterocycles. The van der Waals surface area contributed by atoms with Crippen LogP contribution in [0.1, 0.15) is 18.5 Å². The average Bonchev–Trinajstić information content (AvgIpc) is 3.43. The number of ether oxygens (including phenoxy) is 1. The number of amides is 1. The van der Waals surface area contributed by atoms with Gasteiger partial charge >= 0.3 is 0 Å². The molecular weight excluding hydrogens is 441 g/mol. The van der Waals surface area contributed by atoms with Crippen molar-refractivity contribution in [2.75, 3.05) is 18.1 Å². The van der Waals surface area contributed by atoms with Gasteiger partial charge in [0.2, 0.25) is 0 Å². The first-order valence-electron chi connectivity index (χ1n) is 9.53. The van der Waals surface area contributed by atoms with Crippen LogP contribution >= 0.6 is 34.5 Å². The van der Waals surface area contributed by atoms with Crippen LogP contribution in [-0.4, -0.2) is 35.1 Å². The number of rotatable bonds is 6. The first kappa shape index (κ1) is 21.0. The Kier molecular flexibility index (Phi) is 6.79. The lowest BCUT2D eigenvalue weighted by molar-refractivity contribution is -0.114. The van der Waals surface area contributed by atoms with E-state index >= 15 is 0 Å². The summed E-state index contributed by atoms with van der Waals surface area (Å²) in [5.74, 6) is -0.167. The van der Waals surface area contributed by atoms with Gasteiger partial charge in [-0.15, -0.1) is 11.3 Å². The summed E-state index contributed by atoms with van der Waals surface area (Å²) in [4.78, 5) is 23.6. The number of halogens is 2. The quantitative estimate of drug-likeness (QED) is 0.441. The second-order valence-electron chi connectivity index (χ2n) is 6.81. The number of pyridine rings is 1. The Balaban J connectivity index is 1.60. The van der Waals surface area contributed by atoms with Crippen LogP contribution in [0.15, 0.2) is 54.1 Å². The largest absolute Gasteiger partial charge is 0.376 e. The zero-order chi connectivity index (χ0) is 20.9. The third-order valence-corrected chi connectivity index (χ3v) is 6.10. The van der Waals surface area contributed by atoms with Crippen LogP contribution in [0.2, 0.25) is 10.0 Å². The molecule has 1 aliphatic heterocycles. The van der Waals surface area contributed by atoms with Crippen molar-refractivity contribution in [2.45, 2.75) is 18.9 Å². The lowest BCUT2D eigenvalue weighted by Gasteiger charge is -2.21. The molecule has 30 heavy (non-hydrogen) atoms. The van der Waals surface area contributed by atoms with Gasteiger partial charge in [0.25, 0.3) is 5.91 Å². The second-order valence-corrected chi connectivity index (χ2v) is 8.49. The molecule has 1 saturated heterocycles. The molecule has 0 radical (unpaired) electrons. The maximum absolute atomic E-state index is 13.0. The third kappa shape index (κ3) is 5.08. The molecule has 5 nitrogen and oxygen atoms in total. The molecular formula is C22H19Cl2N3O2S. The highest BCUT2D eigenvalue weighted by molar-refractivity contribution is 7.14. The fourth-order valence-electron chi connectivity index (χ4n) is 3.18. The SMILES string of the molecule is O=C(/C=C/c1ccccn1)N(CC1CCCO1)c1nc(-c2ccc(Cl)cc2Cl)cs1. The molecule has 1 fully saturated rings. The molecule has 3 aromatic rings. The van der Waals surface area contributed by atoms with Gasteiger partial charge in [-0.1, -0.05) is 29.3 Å². The molecule has 0 N–H and O–H groups in total. The van der Waals surface area contributed by atoms with Gasteiger partial charge in [-0.2, -0.15) is 0 Å². The molecule has 8 heteroatoms. The van der Waals surface area contributed by atoms with Crippen LogP contribution in [0.3, 0.4) is 0 Å². The Hall–Kier alpha value is -2.25. The Morgan fingerprint density at radius 1 is 1.30 bits per heavy atom. The van der Waals surface area contributed by atoms with Crippen molar-refractivity contribution in [3.8, 4) is 11.3 Å². The number of carbonyl (C=O) groups excluding carboxylic acids is 1. The highest BCUT2D eigenvalue weighted by atomic mass is 35.5.